The summed E-state index contributed by atoms with van der Waals surface area (Å²) < 4.78 is 8.05. The fraction of sp³-hybridized carbons (Fsp3) is 0.412. The van der Waals surface area contributed by atoms with E-state index in [1.807, 2.05) is 0 Å². The van der Waals surface area contributed by atoms with Gasteiger partial charge in [0.2, 0.25) is 0 Å². The quantitative estimate of drug-likeness (QED) is 0.683. The smallest absolute Gasteiger partial charge is 0.0799 e. The molecule has 1 aromatic heterocycles. The molecule has 0 fully saturated rings. The van der Waals surface area contributed by atoms with Crippen LogP contribution >= 0.6 is 0 Å². The van der Waals surface area contributed by atoms with E-state index in [1.165, 1.54) is 22.2 Å². The van der Waals surface area contributed by atoms with Gasteiger partial charge in [-0.3, -0.25) is 0 Å². The molecular formula is C17H22N2O. The summed E-state index contributed by atoms with van der Waals surface area (Å²) >= 11 is 0. The van der Waals surface area contributed by atoms with E-state index in [1.54, 1.807) is 6.08 Å². The van der Waals surface area contributed by atoms with Gasteiger partial charge in [0.1, 0.15) is 0 Å². The lowest BCUT2D eigenvalue weighted by Crippen LogP contribution is -2.49. The van der Waals surface area contributed by atoms with Crippen LogP contribution in [0.15, 0.2) is 36.9 Å². The van der Waals surface area contributed by atoms with Crippen molar-refractivity contribution in [3.63, 3.8) is 0 Å². The minimum Gasteiger partial charge on any atom is -0.375 e. The molecule has 3 heteroatoms. The summed E-state index contributed by atoms with van der Waals surface area (Å²) in [5.74, 6) is 0. The molecule has 106 valence electrons. The van der Waals surface area contributed by atoms with E-state index in [0.29, 0.717) is 13.2 Å². The van der Waals surface area contributed by atoms with Gasteiger partial charge in [-0.05, 0) is 25.0 Å². The lowest BCUT2D eigenvalue weighted by Gasteiger charge is -2.36. The third-order valence-corrected chi connectivity index (χ3v) is 4.25. The first-order chi connectivity index (χ1) is 9.67. The minimum absolute atomic E-state index is 0.135. The Bertz CT molecular complexity index is 644. The van der Waals surface area contributed by atoms with E-state index < -0.39 is 0 Å². The average molecular weight is 270 g/mol. The highest BCUT2D eigenvalue weighted by Crippen LogP contribution is 2.35. The van der Waals surface area contributed by atoms with Crippen LogP contribution in [0.2, 0.25) is 0 Å². The highest BCUT2D eigenvalue weighted by Gasteiger charge is 2.36. The topological polar surface area (TPSA) is 26.2 Å². The number of hydrogen-bond donors (Lipinski definition) is 1. The molecule has 0 saturated heterocycles. The van der Waals surface area contributed by atoms with Gasteiger partial charge in [-0.1, -0.05) is 24.3 Å². The Labute approximate surface area is 120 Å². The number of aromatic nitrogens is 1. The molecule has 0 bridgehead atoms. The van der Waals surface area contributed by atoms with E-state index in [4.69, 9.17) is 4.74 Å². The van der Waals surface area contributed by atoms with Crippen molar-refractivity contribution in [3.05, 3.63) is 48.2 Å². The molecule has 2 aromatic rings. The molecular weight excluding hydrogens is 248 g/mol. The van der Waals surface area contributed by atoms with Crippen molar-refractivity contribution in [1.82, 2.24) is 9.88 Å². The normalized spacial score (nSPS) is 21.9. The Kier molecular flexibility index (Phi) is 3.40. The van der Waals surface area contributed by atoms with E-state index in [0.717, 1.165) is 13.0 Å². The molecule has 3 rings (SSSR count). The summed E-state index contributed by atoms with van der Waals surface area (Å²) in [6, 6.07) is 8.64. The molecule has 0 spiro atoms. The molecule has 0 radical (unpaired) electrons. The van der Waals surface area contributed by atoms with Gasteiger partial charge in [0.25, 0.3) is 0 Å². The molecule has 1 aliphatic heterocycles. The van der Waals surface area contributed by atoms with Crippen molar-refractivity contribution in [2.75, 3.05) is 19.8 Å². The third-order valence-electron chi connectivity index (χ3n) is 4.25. The van der Waals surface area contributed by atoms with Crippen molar-refractivity contribution in [3.8, 4) is 0 Å². The largest absolute Gasteiger partial charge is 0.375 e. The molecule has 2 heterocycles. The summed E-state index contributed by atoms with van der Waals surface area (Å²) in [6.07, 6.45) is 2.88. The van der Waals surface area contributed by atoms with Gasteiger partial charge in [-0.25, -0.2) is 0 Å². The Morgan fingerprint density at radius 1 is 1.45 bits per heavy atom. The molecule has 20 heavy (non-hydrogen) atoms. The fourth-order valence-electron chi connectivity index (χ4n) is 3.44. The minimum atomic E-state index is -0.135. The van der Waals surface area contributed by atoms with Gasteiger partial charge in [0, 0.05) is 30.2 Å². The predicted molar refractivity (Wildman–Crippen MR) is 83.0 cm³/mol. The van der Waals surface area contributed by atoms with Crippen LogP contribution in [0.5, 0.6) is 0 Å². The highest BCUT2D eigenvalue weighted by molar-refractivity contribution is 5.86. The summed E-state index contributed by atoms with van der Waals surface area (Å²) in [5.41, 5.74) is 3.99. The zero-order valence-electron chi connectivity index (χ0n) is 12.3. The first kappa shape index (κ1) is 13.4. The number of rotatable bonds is 4. The SMILES string of the molecule is C=CCOCC1(C)NCCc2c1n(C)c1ccccc21. The van der Waals surface area contributed by atoms with Gasteiger partial charge < -0.3 is 14.6 Å². The first-order valence-corrected chi connectivity index (χ1v) is 7.18. The maximum absolute atomic E-state index is 5.74. The van der Waals surface area contributed by atoms with Crippen LogP contribution in [0.3, 0.4) is 0 Å². The molecule has 1 unspecified atom stereocenters. The summed E-state index contributed by atoms with van der Waals surface area (Å²) in [7, 11) is 2.15. The van der Waals surface area contributed by atoms with Crippen LogP contribution in [-0.2, 0) is 23.7 Å². The van der Waals surface area contributed by atoms with Gasteiger partial charge in [-0.2, -0.15) is 0 Å². The summed E-state index contributed by atoms with van der Waals surface area (Å²) in [6.45, 7) is 8.19. The zero-order valence-corrected chi connectivity index (χ0v) is 12.3. The van der Waals surface area contributed by atoms with Gasteiger partial charge in [0.05, 0.1) is 18.8 Å². The number of benzene rings is 1. The van der Waals surface area contributed by atoms with Crippen molar-refractivity contribution in [2.24, 2.45) is 7.05 Å². The standard InChI is InChI=1S/C17H22N2O/c1-4-11-20-12-17(2)16-14(9-10-18-17)13-7-5-6-8-15(13)19(16)3/h4-8,18H,1,9-12H2,2-3H3. The number of nitrogens with one attached hydrogen (secondary N) is 1. The molecule has 0 aliphatic carbocycles. The lowest BCUT2D eigenvalue weighted by molar-refractivity contribution is 0.0868. The molecule has 0 amide bonds. The van der Waals surface area contributed by atoms with Crippen molar-refractivity contribution in [1.29, 1.82) is 0 Å². The third kappa shape index (κ3) is 1.98. The molecule has 1 atom stereocenters. The fourth-order valence-corrected chi connectivity index (χ4v) is 3.44. The molecule has 1 aliphatic rings. The lowest BCUT2D eigenvalue weighted by atomic mass is 9.89. The van der Waals surface area contributed by atoms with E-state index in [9.17, 15) is 0 Å². The molecule has 3 nitrogen and oxygen atoms in total. The van der Waals surface area contributed by atoms with Crippen molar-refractivity contribution < 1.29 is 4.74 Å². The maximum Gasteiger partial charge on any atom is 0.0799 e. The Morgan fingerprint density at radius 3 is 3.05 bits per heavy atom. The van der Waals surface area contributed by atoms with Crippen LogP contribution < -0.4 is 5.32 Å². The number of para-hydroxylation sites is 1. The summed E-state index contributed by atoms with van der Waals surface area (Å²) in [5, 5.41) is 5.01. The summed E-state index contributed by atoms with van der Waals surface area (Å²) in [4.78, 5) is 0. The predicted octanol–water partition coefficient (Wildman–Crippen LogP) is 2.74. The van der Waals surface area contributed by atoms with Gasteiger partial charge in [-0.15, -0.1) is 6.58 Å². The highest BCUT2D eigenvalue weighted by atomic mass is 16.5. The second-order valence-corrected chi connectivity index (χ2v) is 5.72. The number of ether oxygens (including phenoxy) is 1. The molecule has 0 saturated carbocycles. The van der Waals surface area contributed by atoms with E-state index in [2.05, 4.69) is 54.7 Å². The van der Waals surface area contributed by atoms with Gasteiger partial charge >= 0.3 is 0 Å². The second kappa shape index (κ2) is 5.08. The van der Waals surface area contributed by atoms with Crippen LogP contribution in [0.25, 0.3) is 10.9 Å². The van der Waals surface area contributed by atoms with Crippen molar-refractivity contribution >= 4 is 10.9 Å². The average Bonchev–Trinajstić information content (AvgIpc) is 2.75. The Morgan fingerprint density at radius 2 is 2.25 bits per heavy atom. The van der Waals surface area contributed by atoms with Crippen LogP contribution in [0, 0.1) is 0 Å². The number of aryl methyl sites for hydroxylation is 1. The number of hydrogen-bond acceptors (Lipinski definition) is 2. The first-order valence-electron chi connectivity index (χ1n) is 7.18. The molecule has 1 N–H and O–H groups in total. The van der Waals surface area contributed by atoms with Crippen LogP contribution in [0.1, 0.15) is 18.2 Å². The van der Waals surface area contributed by atoms with Crippen LogP contribution in [-0.4, -0.2) is 24.3 Å². The van der Waals surface area contributed by atoms with E-state index >= 15 is 0 Å². The Hall–Kier alpha value is -1.58. The van der Waals surface area contributed by atoms with Crippen LogP contribution in [0.4, 0.5) is 0 Å². The van der Waals surface area contributed by atoms with Crippen molar-refractivity contribution in [2.45, 2.75) is 18.9 Å². The number of fused-ring (bicyclic) bond motifs is 3. The Balaban J connectivity index is 2.10. The van der Waals surface area contributed by atoms with Gasteiger partial charge in [0.15, 0.2) is 0 Å². The number of nitrogens with zero attached hydrogens (tertiary/aromatic N) is 1. The maximum atomic E-state index is 5.74. The zero-order chi connectivity index (χ0) is 14.2. The molecule has 1 aromatic carbocycles. The monoisotopic (exact) mass is 270 g/mol. The second-order valence-electron chi connectivity index (χ2n) is 5.72. The van der Waals surface area contributed by atoms with E-state index in [-0.39, 0.29) is 5.54 Å².